The van der Waals surface area contributed by atoms with Gasteiger partial charge in [0, 0.05) is 26.2 Å². The highest BCUT2D eigenvalue weighted by atomic mass is 127. The fraction of sp³-hybridized carbons (Fsp3) is 0.938. The fourth-order valence-electron chi connectivity index (χ4n) is 2.60. The van der Waals surface area contributed by atoms with E-state index in [1.54, 1.807) is 0 Å². The van der Waals surface area contributed by atoms with Crippen molar-refractivity contribution in [1.82, 2.24) is 15.5 Å². The van der Waals surface area contributed by atoms with Crippen LogP contribution in [0.15, 0.2) is 4.99 Å². The van der Waals surface area contributed by atoms with E-state index < -0.39 is 0 Å². The first-order valence-corrected chi connectivity index (χ1v) is 9.59. The number of halogens is 1. The number of thioether (sulfide) groups is 1. The lowest BCUT2D eigenvalue weighted by molar-refractivity contribution is 0.200. The minimum Gasteiger partial charge on any atom is -0.356 e. The summed E-state index contributed by atoms with van der Waals surface area (Å²) in [7, 11) is 6.19. The third-order valence-electron chi connectivity index (χ3n) is 4.03. The molecule has 6 heteroatoms. The molecule has 2 N–H and O–H groups in total. The lowest BCUT2D eigenvalue weighted by Crippen LogP contribution is -2.48. The Bertz CT molecular complexity index is 271. The summed E-state index contributed by atoms with van der Waals surface area (Å²) in [6.07, 6.45) is 7.07. The van der Waals surface area contributed by atoms with Gasteiger partial charge in [0.25, 0.3) is 0 Å². The van der Waals surface area contributed by atoms with Gasteiger partial charge in [-0.25, -0.2) is 0 Å². The van der Waals surface area contributed by atoms with Gasteiger partial charge < -0.3 is 15.5 Å². The normalized spacial score (nSPS) is 13.2. The van der Waals surface area contributed by atoms with E-state index in [2.05, 4.69) is 54.7 Å². The number of likely N-dealkylation sites (N-methyl/N-ethyl adjacent to an activating group) is 1. The zero-order valence-electron chi connectivity index (χ0n) is 15.3. The summed E-state index contributed by atoms with van der Waals surface area (Å²) in [5.41, 5.74) is 0. The molecule has 0 saturated heterocycles. The molecule has 0 aromatic rings. The molecule has 1 atom stereocenters. The topological polar surface area (TPSA) is 39.7 Å². The molecular formula is C16H37IN4S. The van der Waals surface area contributed by atoms with E-state index in [-0.39, 0.29) is 24.0 Å². The maximum absolute atomic E-state index is 4.32. The molecule has 0 aliphatic carbocycles. The number of nitrogens with zero attached hydrogens (tertiary/aromatic N) is 2. The number of unbranched alkanes of at least 4 members (excludes halogenated alkanes) is 1. The van der Waals surface area contributed by atoms with Gasteiger partial charge in [0.2, 0.25) is 0 Å². The van der Waals surface area contributed by atoms with Crippen LogP contribution in [0.5, 0.6) is 0 Å². The molecule has 0 aliphatic rings. The molecule has 0 heterocycles. The molecule has 1 unspecified atom stereocenters. The van der Waals surface area contributed by atoms with Gasteiger partial charge in [-0.2, -0.15) is 11.8 Å². The molecule has 134 valence electrons. The van der Waals surface area contributed by atoms with Crippen LogP contribution in [0.4, 0.5) is 0 Å². The first-order chi connectivity index (χ1) is 10.1. The molecule has 0 aromatic carbocycles. The number of rotatable bonds is 11. The average molecular weight is 444 g/mol. The van der Waals surface area contributed by atoms with Crippen LogP contribution in [0, 0.1) is 5.92 Å². The quantitative estimate of drug-likeness (QED) is 0.222. The van der Waals surface area contributed by atoms with E-state index >= 15 is 0 Å². The second kappa shape index (κ2) is 16.2. The first-order valence-electron chi connectivity index (χ1n) is 8.20. The van der Waals surface area contributed by atoms with Crippen molar-refractivity contribution in [2.75, 3.05) is 46.2 Å². The van der Waals surface area contributed by atoms with Crippen molar-refractivity contribution in [1.29, 1.82) is 0 Å². The Morgan fingerprint density at radius 1 is 1.14 bits per heavy atom. The van der Waals surface area contributed by atoms with E-state index in [1.807, 2.05) is 18.8 Å². The zero-order valence-corrected chi connectivity index (χ0v) is 18.5. The Hall–Kier alpha value is 0.310. The molecule has 0 aromatic heterocycles. The predicted octanol–water partition coefficient (Wildman–Crippen LogP) is 3.28. The predicted molar refractivity (Wildman–Crippen MR) is 114 cm³/mol. The van der Waals surface area contributed by atoms with Crippen LogP contribution in [0.1, 0.15) is 39.5 Å². The van der Waals surface area contributed by atoms with Crippen LogP contribution in [-0.2, 0) is 0 Å². The minimum atomic E-state index is 0. The highest BCUT2D eigenvalue weighted by Crippen LogP contribution is 2.16. The van der Waals surface area contributed by atoms with Crippen LogP contribution in [0.2, 0.25) is 0 Å². The largest absolute Gasteiger partial charge is 0.356 e. The SMILES string of the molecule is CCC(CC)C(CNC(=NC)NCCCCSC)N(C)C.I. The first kappa shape index (κ1) is 24.6. The maximum atomic E-state index is 4.32. The summed E-state index contributed by atoms with van der Waals surface area (Å²) in [6.45, 7) is 6.51. The zero-order chi connectivity index (χ0) is 16.1. The molecule has 4 nitrogen and oxygen atoms in total. The van der Waals surface area contributed by atoms with Crippen LogP contribution < -0.4 is 10.6 Å². The molecule has 0 saturated carbocycles. The Labute approximate surface area is 159 Å². The molecule has 0 spiro atoms. The van der Waals surface area contributed by atoms with Crippen LogP contribution >= 0.6 is 35.7 Å². The molecule has 0 bridgehead atoms. The van der Waals surface area contributed by atoms with E-state index in [9.17, 15) is 0 Å². The average Bonchev–Trinajstić information content (AvgIpc) is 2.48. The van der Waals surface area contributed by atoms with Gasteiger partial charge >= 0.3 is 0 Å². The Morgan fingerprint density at radius 3 is 2.23 bits per heavy atom. The second-order valence-electron chi connectivity index (χ2n) is 5.69. The van der Waals surface area contributed by atoms with E-state index in [0.29, 0.717) is 6.04 Å². The van der Waals surface area contributed by atoms with E-state index in [0.717, 1.165) is 25.0 Å². The summed E-state index contributed by atoms with van der Waals surface area (Å²) in [4.78, 5) is 6.65. The number of hydrogen-bond acceptors (Lipinski definition) is 3. The standard InChI is InChI=1S/C16H36N4S.HI/c1-7-14(8-2)15(20(4)5)13-19-16(17-3)18-11-9-10-12-21-6;/h14-15H,7-13H2,1-6H3,(H2,17,18,19);1H. The molecular weight excluding hydrogens is 407 g/mol. The van der Waals surface area contributed by atoms with Crippen LogP contribution in [0.25, 0.3) is 0 Å². The summed E-state index contributed by atoms with van der Waals surface area (Å²) >= 11 is 1.91. The monoisotopic (exact) mass is 444 g/mol. The molecule has 0 rings (SSSR count). The molecule has 0 amide bonds. The number of guanidine groups is 1. The second-order valence-corrected chi connectivity index (χ2v) is 6.67. The van der Waals surface area contributed by atoms with E-state index in [1.165, 1.54) is 31.4 Å². The van der Waals surface area contributed by atoms with Gasteiger partial charge in [-0.15, -0.1) is 24.0 Å². The Morgan fingerprint density at radius 2 is 1.77 bits per heavy atom. The van der Waals surface area contributed by atoms with Crippen molar-refractivity contribution < 1.29 is 0 Å². The van der Waals surface area contributed by atoms with Crippen molar-refractivity contribution >= 4 is 41.7 Å². The lowest BCUT2D eigenvalue weighted by Gasteiger charge is -2.32. The molecule has 0 radical (unpaired) electrons. The fourth-order valence-corrected chi connectivity index (χ4v) is 3.10. The van der Waals surface area contributed by atoms with Gasteiger partial charge in [-0.1, -0.05) is 26.7 Å². The summed E-state index contributed by atoms with van der Waals surface area (Å²) in [5, 5.41) is 6.89. The van der Waals surface area contributed by atoms with Gasteiger partial charge in [0.1, 0.15) is 0 Å². The summed E-state index contributed by atoms with van der Waals surface area (Å²) < 4.78 is 0. The third kappa shape index (κ3) is 10.9. The Balaban J connectivity index is 0. The van der Waals surface area contributed by atoms with Gasteiger partial charge in [-0.3, -0.25) is 4.99 Å². The number of hydrogen-bond donors (Lipinski definition) is 2. The highest BCUT2D eigenvalue weighted by Gasteiger charge is 2.20. The van der Waals surface area contributed by atoms with Gasteiger partial charge in [-0.05, 0) is 44.9 Å². The van der Waals surface area contributed by atoms with E-state index in [4.69, 9.17) is 0 Å². The summed E-state index contributed by atoms with van der Waals surface area (Å²) in [6, 6.07) is 0.551. The smallest absolute Gasteiger partial charge is 0.191 e. The van der Waals surface area contributed by atoms with Gasteiger partial charge in [0.05, 0.1) is 0 Å². The van der Waals surface area contributed by atoms with Gasteiger partial charge in [0.15, 0.2) is 5.96 Å². The summed E-state index contributed by atoms with van der Waals surface area (Å²) in [5.74, 6) is 2.90. The Kier molecular flexibility index (Phi) is 18.1. The van der Waals surface area contributed by atoms with Crippen LogP contribution in [-0.4, -0.2) is 63.1 Å². The number of nitrogens with one attached hydrogen (secondary N) is 2. The van der Waals surface area contributed by atoms with Crippen molar-refractivity contribution in [3.05, 3.63) is 0 Å². The van der Waals surface area contributed by atoms with Crippen molar-refractivity contribution in [2.24, 2.45) is 10.9 Å². The molecule has 0 fully saturated rings. The lowest BCUT2D eigenvalue weighted by atomic mass is 9.93. The van der Waals surface area contributed by atoms with Crippen molar-refractivity contribution in [2.45, 2.75) is 45.6 Å². The third-order valence-corrected chi connectivity index (χ3v) is 4.72. The number of aliphatic imine (C=N–C) groups is 1. The molecule has 0 aliphatic heterocycles. The maximum Gasteiger partial charge on any atom is 0.191 e. The van der Waals surface area contributed by atoms with Crippen molar-refractivity contribution in [3.8, 4) is 0 Å². The highest BCUT2D eigenvalue weighted by molar-refractivity contribution is 14.0. The van der Waals surface area contributed by atoms with Crippen LogP contribution in [0.3, 0.4) is 0 Å². The minimum absolute atomic E-state index is 0. The van der Waals surface area contributed by atoms with Crippen molar-refractivity contribution in [3.63, 3.8) is 0 Å². The molecule has 22 heavy (non-hydrogen) atoms.